The molecular formula is C32H32N2O2. The number of amides is 2. The first-order chi connectivity index (χ1) is 17.6. The van der Waals surface area contributed by atoms with E-state index in [9.17, 15) is 9.59 Å². The van der Waals surface area contributed by atoms with Gasteiger partial charge in [-0.1, -0.05) is 121 Å². The molecule has 4 aromatic carbocycles. The molecule has 0 aromatic heterocycles. The normalized spacial score (nSPS) is 12.0. The van der Waals surface area contributed by atoms with Gasteiger partial charge in [-0.05, 0) is 41.5 Å². The SMILES string of the molecule is NC(=O)[C@@H](CCCc1ccccc1)NC(=O)CC(c1ccccc1)(c1ccccc1)c1ccccc1. The summed E-state index contributed by atoms with van der Waals surface area (Å²) in [4.78, 5) is 25.9. The van der Waals surface area contributed by atoms with E-state index in [1.807, 2.05) is 72.8 Å². The van der Waals surface area contributed by atoms with Crippen molar-refractivity contribution in [1.82, 2.24) is 5.32 Å². The second-order valence-corrected chi connectivity index (χ2v) is 9.08. The largest absolute Gasteiger partial charge is 0.368 e. The number of primary amides is 1. The van der Waals surface area contributed by atoms with Crippen molar-refractivity contribution in [1.29, 1.82) is 0 Å². The monoisotopic (exact) mass is 476 g/mol. The van der Waals surface area contributed by atoms with Crippen LogP contribution in [0.3, 0.4) is 0 Å². The Morgan fingerprint density at radius 2 is 1.08 bits per heavy atom. The molecule has 0 radical (unpaired) electrons. The Hall–Kier alpha value is -4.18. The van der Waals surface area contributed by atoms with Gasteiger partial charge in [0.2, 0.25) is 11.8 Å². The summed E-state index contributed by atoms with van der Waals surface area (Å²) in [7, 11) is 0. The van der Waals surface area contributed by atoms with Crippen LogP contribution in [0.4, 0.5) is 0 Å². The molecule has 0 heterocycles. The summed E-state index contributed by atoms with van der Waals surface area (Å²) < 4.78 is 0. The number of hydrogen-bond acceptors (Lipinski definition) is 2. The molecule has 4 nitrogen and oxygen atoms in total. The van der Waals surface area contributed by atoms with Crippen molar-refractivity contribution in [2.75, 3.05) is 0 Å². The van der Waals surface area contributed by atoms with Crippen molar-refractivity contribution < 1.29 is 9.59 Å². The Bertz CT molecular complexity index is 1150. The fourth-order valence-corrected chi connectivity index (χ4v) is 4.90. The average molecular weight is 477 g/mol. The van der Waals surface area contributed by atoms with Gasteiger partial charge in [0.1, 0.15) is 6.04 Å². The number of rotatable bonds is 11. The molecule has 0 aliphatic carbocycles. The van der Waals surface area contributed by atoms with Crippen molar-refractivity contribution in [3.8, 4) is 0 Å². The van der Waals surface area contributed by atoms with Crippen molar-refractivity contribution in [3.05, 3.63) is 144 Å². The summed E-state index contributed by atoms with van der Waals surface area (Å²) in [6, 6.07) is 39.6. The first kappa shape index (κ1) is 24.9. The summed E-state index contributed by atoms with van der Waals surface area (Å²) in [5.74, 6) is -0.726. The van der Waals surface area contributed by atoms with Gasteiger partial charge in [0.05, 0.1) is 5.41 Å². The van der Waals surface area contributed by atoms with E-state index in [2.05, 4.69) is 53.8 Å². The zero-order valence-corrected chi connectivity index (χ0v) is 20.3. The molecule has 0 fully saturated rings. The Morgan fingerprint density at radius 3 is 1.50 bits per heavy atom. The maximum atomic E-state index is 13.6. The predicted octanol–water partition coefficient (Wildman–Crippen LogP) is 5.40. The molecule has 36 heavy (non-hydrogen) atoms. The summed E-state index contributed by atoms with van der Waals surface area (Å²) in [5, 5.41) is 2.95. The summed E-state index contributed by atoms with van der Waals surface area (Å²) in [6.07, 6.45) is 2.21. The standard InChI is InChI=1S/C32H32N2O2/c33-31(36)29(23-13-16-25-14-5-1-6-15-25)34-30(35)24-32(26-17-7-2-8-18-26,27-19-9-3-10-20-27)28-21-11-4-12-22-28/h1-12,14-15,17-22,29H,13,16,23-24H2,(H2,33,36)(H,34,35)/t29-/m1/s1. The number of carbonyl (C=O) groups excluding carboxylic acids is 2. The molecule has 0 saturated carbocycles. The van der Waals surface area contributed by atoms with Gasteiger partial charge in [0, 0.05) is 6.42 Å². The highest BCUT2D eigenvalue weighted by Gasteiger charge is 2.39. The van der Waals surface area contributed by atoms with E-state index in [0.717, 1.165) is 29.5 Å². The topological polar surface area (TPSA) is 72.2 Å². The van der Waals surface area contributed by atoms with Gasteiger partial charge in [-0.3, -0.25) is 9.59 Å². The summed E-state index contributed by atoms with van der Waals surface area (Å²) in [5.41, 5.74) is 9.22. The van der Waals surface area contributed by atoms with E-state index in [1.165, 1.54) is 5.56 Å². The van der Waals surface area contributed by atoms with E-state index >= 15 is 0 Å². The second kappa shape index (κ2) is 12.0. The highest BCUT2D eigenvalue weighted by Crippen LogP contribution is 2.42. The Morgan fingerprint density at radius 1 is 0.667 bits per heavy atom. The van der Waals surface area contributed by atoms with Crippen molar-refractivity contribution in [2.24, 2.45) is 5.73 Å². The maximum Gasteiger partial charge on any atom is 0.239 e. The van der Waals surface area contributed by atoms with Crippen LogP contribution in [0, 0.1) is 0 Å². The van der Waals surface area contributed by atoms with Gasteiger partial charge >= 0.3 is 0 Å². The molecule has 1 atom stereocenters. The van der Waals surface area contributed by atoms with Crippen molar-refractivity contribution in [2.45, 2.75) is 37.1 Å². The van der Waals surface area contributed by atoms with Crippen LogP contribution in [0.1, 0.15) is 41.5 Å². The number of hydrogen-bond donors (Lipinski definition) is 2. The zero-order valence-electron chi connectivity index (χ0n) is 20.3. The lowest BCUT2D eigenvalue weighted by atomic mass is 9.67. The zero-order chi connectivity index (χ0) is 25.2. The van der Waals surface area contributed by atoms with Gasteiger partial charge in [0.25, 0.3) is 0 Å². The number of nitrogens with one attached hydrogen (secondary N) is 1. The van der Waals surface area contributed by atoms with E-state index in [-0.39, 0.29) is 12.3 Å². The smallest absolute Gasteiger partial charge is 0.239 e. The molecule has 0 spiro atoms. The van der Waals surface area contributed by atoms with Gasteiger partial charge in [-0.2, -0.15) is 0 Å². The van der Waals surface area contributed by atoms with Crippen LogP contribution in [0.5, 0.6) is 0 Å². The van der Waals surface area contributed by atoms with E-state index in [0.29, 0.717) is 6.42 Å². The molecule has 0 bridgehead atoms. The van der Waals surface area contributed by atoms with Crippen LogP contribution >= 0.6 is 0 Å². The fraction of sp³-hybridized carbons (Fsp3) is 0.188. The number of nitrogens with two attached hydrogens (primary N) is 1. The maximum absolute atomic E-state index is 13.6. The molecule has 182 valence electrons. The Labute approximate surface area is 213 Å². The predicted molar refractivity (Wildman–Crippen MR) is 144 cm³/mol. The summed E-state index contributed by atoms with van der Waals surface area (Å²) >= 11 is 0. The second-order valence-electron chi connectivity index (χ2n) is 9.08. The van der Waals surface area contributed by atoms with Crippen LogP contribution in [-0.2, 0) is 21.4 Å². The average Bonchev–Trinajstić information content (AvgIpc) is 2.93. The minimum Gasteiger partial charge on any atom is -0.368 e. The van der Waals surface area contributed by atoms with Crippen LogP contribution in [0.25, 0.3) is 0 Å². The molecule has 2 amide bonds. The lowest BCUT2D eigenvalue weighted by Crippen LogP contribution is -2.47. The fourth-order valence-electron chi connectivity index (χ4n) is 4.90. The van der Waals surface area contributed by atoms with Crippen LogP contribution in [-0.4, -0.2) is 17.9 Å². The number of benzene rings is 4. The van der Waals surface area contributed by atoms with Gasteiger partial charge in [0.15, 0.2) is 0 Å². The minimum absolute atomic E-state index is 0.146. The molecule has 0 saturated heterocycles. The lowest BCUT2D eigenvalue weighted by Gasteiger charge is -2.36. The number of carbonyl (C=O) groups is 2. The highest BCUT2D eigenvalue weighted by atomic mass is 16.2. The lowest BCUT2D eigenvalue weighted by molar-refractivity contribution is -0.128. The molecule has 0 aliphatic rings. The molecular weight excluding hydrogens is 444 g/mol. The first-order valence-electron chi connectivity index (χ1n) is 12.4. The quantitative estimate of drug-likeness (QED) is 0.284. The van der Waals surface area contributed by atoms with Crippen LogP contribution < -0.4 is 11.1 Å². The van der Waals surface area contributed by atoms with Gasteiger partial charge in [-0.15, -0.1) is 0 Å². The molecule has 3 N–H and O–H groups in total. The third kappa shape index (κ3) is 5.89. The van der Waals surface area contributed by atoms with E-state index in [4.69, 9.17) is 5.73 Å². The molecule has 4 heteroatoms. The van der Waals surface area contributed by atoms with Gasteiger partial charge in [-0.25, -0.2) is 0 Å². The van der Waals surface area contributed by atoms with Crippen LogP contribution in [0.2, 0.25) is 0 Å². The minimum atomic E-state index is -0.722. The molecule has 0 unspecified atom stereocenters. The van der Waals surface area contributed by atoms with Crippen LogP contribution in [0.15, 0.2) is 121 Å². The first-order valence-corrected chi connectivity index (χ1v) is 12.4. The van der Waals surface area contributed by atoms with E-state index < -0.39 is 17.4 Å². The molecule has 0 aliphatic heterocycles. The van der Waals surface area contributed by atoms with Crippen molar-refractivity contribution in [3.63, 3.8) is 0 Å². The number of aryl methyl sites for hydroxylation is 1. The highest BCUT2D eigenvalue weighted by molar-refractivity contribution is 5.87. The third-order valence-corrected chi connectivity index (χ3v) is 6.71. The Balaban J connectivity index is 1.62. The molecule has 4 aromatic rings. The summed E-state index contributed by atoms with van der Waals surface area (Å²) in [6.45, 7) is 0. The van der Waals surface area contributed by atoms with E-state index in [1.54, 1.807) is 0 Å². The third-order valence-electron chi connectivity index (χ3n) is 6.71. The van der Waals surface area contributed by atoms with Gasteiger partial charge < -0.3 is 11.1 Å². The Kier molecular flexibility index (Phi) is 8.30. The van der Waals surface area contributed by atoms with Crippen molar-refractivity contribution >= 4 is 11.8 Å². The molecule has 4 rings (SSSR count).